The zero-order valence-electron chi connectivity index (χ0n) is 13.6. The van der Waals surface area contributed by atoms with Crippen molar-refractivity contribution in [2.45, 2.75) is 18.8 Å². The number of aromatic hydroxyl groups is 1. The van der Waals surface area contributed by atoms with Gasteiger partial charge in [-0.2, -0.15) is 0 Å². The highest BCUT2D eigenvalue weighted by atomic mass is 16.3. The van der Waals surface area contributed by atoms with Gasteiger partial charge in [-0.1, -0.05) is 42.5 Å². The Hall–Kier alpha value is -3.07. The molecule has 3 aromatic rings. The van der Waals surface area contributed by atoms with Crippen molar-refractivity contribution in [1.29, 1.82) is 0 Å². The Morgan fingerprint density at radius 3 is 2.56 bits per heavy atom. The lowest BCUT2D eigenvalue weighted by atomic mass is 9.78. The molecular formula is C22H17NO2. The number of carbonyl (C=O) groups is 1. The maximum absolute atomic E-state index is 12.7. The van der Waals surface area contributed by atoms with Crippen LogP contribution >= 0.6 is 0 Å². The van der Waals surface area contributed by atoms with Gasteiger partial charge >= 0.3 is 0 Å². The first-order chi connectivity index (χ1) is 12.2. The highest BCUT2D eigenvalue weighted by Gasteiger charge is 2.37. The molecule has 0 fully saturated rings. The smallest absolute Gasteiger partial charge is 0.161 e. The van der Waals surface area contributed by atoms with Gasteiger partial charge in [0.25, 0.3) is 0 Å². The molecule has 0 saturated heterocycles. The van der Waals surface area contributed by atoms with Crippen molar-refractivity contribution in [3.05, 3.63) is 83.1 Å². The number of phenolic OH excluding ortho intramolecular Hbond substituents is 1. The standard InChI is InChI=1S/C22H17NO2/c24-15-8-5-14(6-9-15)20-21-16-4-2-1-3-13(16)7-10-17(21)23-18-11-12-19(25)22(18)20/h1-10,20,23-24H,11-12H2/t20-/m0/s1. The summed E-state index contributed by atoms with van der Waals surface area (Å²) in [7, 11) is 0. The van der Waals surface area contributed by atoms with Crippen LogP contribution in [0.3, 0.4) is 0 Å². The van der Waals surface area contributed by atoms with Crippen molar-refractivity contribution in [1.82, 2.24) is 0 Å². The van der Waals surface area contributed by atoms with Crippen LogP contribution in [-0.2, 0) is 4.79 Å². The molecule has 25 heavy (non-hydrogen) atoms. The lowest BCUT2D eigenvalue weighted by molar-refractivity contribution is -0.115. The first-order valence-electron chi connectivity index (χ1n) is 8.56. The molecule has 0 bridgehead atoms. The van der Waals surface area contributed by atoms with E-state index in [0.29, 0.717) is 6.42 Å². The van der Waals surface area contributed by atoms with Gasteiger partial charge in [-0.25, -0.2) is 0 Å². The van der Waals surface area contributed by atoms with Gasteiger partial charge in [0, 0.05) is 29.3 Å². The fourth-order valence-corrected chi connectivity index (χ4v) is 4.16. The minimum atomic E-state index is -0.0899. The van der Waals surface area contributed by atoms with Crippen LogP contribution in [0, 0.1) is 0 Å². The van der Waals surface area contributed by atoms with E-state index < -0.39 is 0 Å². The number of anilines is 1. The maximum Gasteiger partial charge on any atom is 0.161 e. The first-order valence-corrected chi connectivity index (χ1v) is 8.56. The Kier molecular flexibility index (Phi) is 2.98. The summed E-state index contributed by atoms with van der Waals surface area (Å²) in [6, 6.07) is 19.8. The minimum Gasteiger partial charge on any atom is -0.508 e. The Labute approximate surface area is 145 Å². The topological polar surface area (TPSA) is 49.3 Å². The number of allylic oxidation sites excluding steroid dienone is 2. The molecule has 3 aromatic carbocycles. The van der Waals surface area contributed by atoms with E-state index in [1.165, 1.54) is 5.39 Å². The van der Waals surface area contributed by atoms with Crippen molar-refractivity contribution in [3.63, 3.8) is 0 Å². The van der Waals surface area contributed by atoms with E-state index in [2.05, 4.69) is 29.6 Å². The number of fused-ring (bicyclic) bond motifs is 3. The van der Waals surface area contributed by atoms with Gasteiger partial charge in [0.05, 0.1) is 0 Å². The Morgan fingerprint density at radius 1 is 0.920 bits per heavy atom. The van der Waals surface area contributed by atoms with Gasteiger partial charge < -0.3 is 10.4 Å². The van der Waals surface area contributed by atoms with Crippen LogP contribution in [0.15, 0.2) is 71.9 Å². The molecule has 1 atom stereocenters. The summed E-state index contributed by atoms with van der Waals surface area (Å²) in [4.78, 5) is 12.7. The molecule has 2 aliphatic rings. The van der Waals surface area contributed by atoms with Crippen molar-refractivity contribution >= 4 is 22.2 Å². The summed E-state index contributed by atoms with van der Waals surface area (Å²) < 4.78 is 0. The van der Waals surface area contributed by atoms with Crippen molar-refractivity contribution in [3.8, 4) is 5.75 Å². The van der Waals surface area contributed by atoms with Crippen LogP contribution < -0.4 is 5.32 Å². The van der Waals surface area contributed by atoms with Gasteiger partial charge in [0.1, 0.15) is 5.75 Å². The molecule has 0 aromatic heterocycles. The molecule has 2 N–H and O–H groups in total. The molecule has 3 nitrogen and oxygen atoms in total. The number of phenols is 1. The van der Waals surface area contributed by atoms with Gasteiger partial charge in [0.15, 0.2) is 5.78 Å². The number of benzene rings is 3. The highest BCUT2D eigenvalue weighted by Crippen LogP contribution is 2.48. The summed E-state index contributed by atoms with van der Waals surface area (Å²) in [5.74, 6) is 0.370. The summed E-state index contributed by atoms with van der Waals surface area (Å²) in [6.07, 6.45) is 1.34. The molecule has 0 saturated carbocycles. The second-order valence-corrected chi connectivity index (χ2v) is 6.71. The quantitative estimate of drug-likeness (QED) is 0.680. The average Bonchev–Trinajstić information content (AvgIpc) is 3.01. The van der Waals surface area contributed by atoms with Gasteiger partial charge in [0.2, 0.25) is 0 Å². The number of Topliss-reactive ketones (excluding diaryl/α,β-unsaturated/α-hetero) is 1. The number of ketones is 1. The molecule has 1 aliphatic carbocycles. The normalized spacial score (nSPS) is 18.9. The van der Waals surface area contributed by atoms with Crippen LogP contribution in [0.2, 0.25) is 0 Å². The Morgan fingerprint density at radius 2 is 1.72 bits per heavy atom. The molecule has 5 rings (SSSR count). The van der Waals surface area contributed by atoms with Crippen LogP contribution in [0.25, 0.3) is 10.8 Å². The SMILES string of the molecule is O=C1CCC2=C1[C@@H](c1ccc(O)cc1)c1c(ccc3ccccc13)N2. The van der Waals surface area contributed by atoms with Gasteiger partial charge in [-0.15, -0.1) is 0 Å². The van der Waals surface area contributed by atoms with Crippen LogP contribution in [0.4, 0.5) is 5.69 Å². The summed E-state index contributed by atoms with van der Waals surface area (Å²) in [5, 5.41) is 15.5. The van der Waals surface area contributed by atoms with Crippen LogP contribution in [0.1, 0.15) is 29.9 Å². The van der Waals surface area contributed by atoms with Crippen molar-refractivity contribution < 1.29 is 9.90 Å². The highest BCUT2D eigenvalue weighted by molar-refractivity contribution is 6.05. The minimum absolute atomic E-state index is 0.0899. The monoisotopic (exact) mass is 327 g/mol. The molecule has 0 unspecified atom stereocenters. The lowest BCUT2D eigenvalue weighted by Gasteiger charge is -2.30. The second-order valence-electron chi connectivity index (χ2n) is 6.71. The number of nitrogens with one attached hydrogen (secondary N) is 1. The first kappa shape index (κ1) is 14.3. The van der Waals surface area contributed by atoms with Crippen LogP contribution in [0.5, 0.6) is 5.75 Å². The summed E-state index contributed by atoms with van der Waals surface area (Å²) in [6.45, 7) is 0. The second kappa shape index (κ2) is 5.21. The number of hydrogen-bond acceptors (Lipinski definition) is 3. The predicted molar refractivity (Wildman–Crippen MR) is 98.8 cm³/mol. The number of carbonyl (C=O) groups excluding carboxylic acids is 1. The summed E-state index contributed by atoms with van der Waals surface area (Å²) in [5.41, 5.74) is 5.20. The maximum atomic E-state index is 12.7. The van der Waals surface area contributed by atoms with Crippen LogP contribution in [-0.4, -0.2) is 10.9 Å². The number of rotatable bonds is 1. The molecule has 1 heterocycles. The van der Waals surface area contributed by atoms with E-state index >= 15 is 0 Å². The average molecular weight is 327 g/mol. The third kappa shape index (κ3) is 2.09. The predicted octanol–water partition coefficient (Wildman–Crippen LogP) is 4.72. The van der Waals surface area contributed by atoms with E-state index in [0.717, 1.165) is 39.9 Å². The van der Waals surface area contributed by atoms with Crippen molar-refractivity contribution in [2.75, 3.05) is 5.32 Å². The zero-order chi connectivity index (χ0) is 17.0. The summed E-state index contributed by atoms with van der Waals surface area (Å²) >= 11 is 0. The molecule has 122 valence electrons. The van der Waals surface area contributed by atoms with Gasteiger partial charge in [-0.3, -0.25) is 4.79 Å². The van der Waals surface area contributed by atoms with E-state index in [1.54, 1.807) is 12.1 Å². The zero-order valence-corrected chi connectivity index (χ0v) is 13.6. The Balaban J connectivity index is 1.83. The van der Waals surface area contributed by atoms with Crippen molar-refractivity contribution in [2.24, 2.45) is 0 Å². The third-order valence-electron chi connectivity index (χ3n) is 5.29. The fraction of sp³-hybridized carbons (Fsp3) is 0.136. The fourth-order valence-electron chi connectivity index (χ4n) is 4.16. The van der Waals surface area contributed by atoms with E-state index in [1.807, 2.05) is 24.3 Å². The largest absolute Gasteiger partial charge is 0.508 e. The van der Waals surface area contributed by atoms with E-state index in [4.69, 9.17) is 0 Å². The molecular weight excluding hydrogens is 310 g/mol. The molecule has 1 aliphatic heterocycles. The van der Waals surface area contributed by atoms with E-state index in [-0.39, 0.29) is 17.5 Å². The van der Waals surface area contributed by atoms with E-state index in [9.17, 15) is 9.90 Å². The Bertz CT molecular complexity index is 1050. The molecule has 0 spiro atoms. The third-order valence-corrected chi connectivity index (χ3v) is 5.29. The molecule has 0 amide bonds. The molecule has 0 radical (unpaired) electrons. The van der Waals surface area contributed by atoms with Gasteiger partial charge in [-0.05, 0) is 46.5 Å². The number of hydrogen-bond donors (Lipinski definition) is 2. The lowest BCUT2D eigenvalue weighted by Crippen LogP contribution is -2.19. The molecule has 3 heteroatoms.